The van der Waals surface area contributed by atoms with Crippen LogP contribution in [0.4, 0.5) is 0 Å². The average molecular weight is 142 g/mol. The van der Waals surface area contributed by atoms with E-state index in [0.717, 1.165) is 12.8 Å². The molecule has 0 heterocycles. The lowest BCUT2D eigenvalue weighted by Crippen LogP contribution is -2.36. The van der Waals surface area contributed by atoms with Crippen LogP contribution in [0.25, 0.3) is 0 Å². The molecule has 0 bridgehead atoms. The van der Waals surface area contributed by atoms with Crippen LogP contribution in [0, 0.1) is 5.92 Å². The highest BCUT2D eigenvalue weighted by atomic mass is 16.3. The van der Waals surface area contributed by atoms with Crippen molar-refractivity contribution in [2.24, 2.45) is 5.92 Å². The van der Waals surface area contributed by atoms with Crippen molar-refractivity contribution in [3.63, 3.8) is 0 Å². The summed E-state index contributed by atoms with van der Waals surface area (Å²) in [7, 11) is 0. The summed E-state index contributed by atoms with van der Waals surface area (Å²) in [5.41, 5.74) is -0.354. The van der Waals surface area contributed by atoms with Gasteiger partial charge in [0.25, 0.3) is 0 Å². The molecule has 0 spiro atoms. The van der Waals surface area contributed by atoms with Crippen LogP contribution in [0.1, 0.15) is 46.0 Å². The molecule has 1 aliphatic rings. The Morgan fingerprint density at radius 1 is 1.50 bits per heavy atom. The van der Waals surface area contributed by atoms with Crippen molar-refractivity contribution in [3.8, 4) is 0 Å². The van der Waals surface area contributed by atoms with E-state index in [-0.39, 0.29) is 5.60 Å². The predicted molar refractivity (Wildman–Crippen MR) is 42.9 cm³/mol. The first-order valence-corrected chi connectivity index (χ1v) is 4.39. The third kappa shape index (κ3) is 1.51. The summed E-state index contributed by atoms with van der Waals surface area (Å²) in [5.74, 6) is 0.557. The first-order valence-electron chi connectivity index (χ1n) is 4.39. The maximum atomic E-state index is 9.83. The van der Waals surface area contributed by atoms with Crippen molar-refractivity contribution in [2.45, 2.75) is 51.6 Å². The van der Waals surface area contributed by atoms with Crippen molar-refractivity contribution in [2.75, 3.05) is 0 Å². The molecule has 1 aliphatic carbocycles. The zero-order chi connectivity index (χ0) is 7.61. The lowest BCUT2D eigenvalue weighted by molar-refractivity contribution is -0.0329. The summed E-state index contributed by atoms with van der Waals surface area (Å²) in [6.07, 6.45) is 5.89. The van der Waals surface area contributed by atoms with E-state index >= 15 is 0 Å². The molecule has 1 N–H and O–H groups in total. The molecule has 1 fully saturated rings. The van der Waals surface area contributed by atoms with Crippen LogP contribution in [0.2, 0.25) is 0 Å². The van der Waals surface area contributed by atoms with E-state index < -0.39 is 0 Å². The summed E-state index contributed by atoms with van der Waals surface area (Å²) < 4.78 is 0. The molecule has 1 unspecified atom stereocenters. The van der Waals surface area contributed by atoms with Gasteiger partial charge in [-0.05, 0) is 25.7 Å². The highest BCUT2D eigenvalue weighted by molar-refractivity contribution is 4.84. The SMILES string of the molecule is CCC1CCCC[C@@]1(C)O. The van der Waals surface area contributed by atoms with Gasteiger partial charge in [-0.25, -0.2) is 0 Å². The predicted octanol–water partition coefficient (Wildman–Crippen LogP) is 2.34. The van der Waals surface area contributed by atoms with E-state index in [9.17, 15) is 5.11 Å². The monoisotopic (exact) mass is 142 g/mol. The van der Waals surface area contributed by atoms with Crippen LogP contribution in [0.15, 0.2) is 0 Å². The molecule has 0 saturated heterocycles. The van der Waals surface area contributed by atoms with Crippen LogP contribution in [-0.2, 0) is 0 Å². The van der Waals surface area contributed by atoms with E-state index in [1.807, 2.05) is 6.92 Å². The van der Waals surface area contributed by atoms with Crippen molar-refractivity contribution < 1.29 is 5.11 Å². The minimum absolute atomic E-state index is 0.354. The lowest BCUT2D eigenvalue weighted by Gasteiger charge is -2.36. The van der Waals surface area contributed by atoms with E-state index in [1.165, 1.54) is 19.3 Å². The molecular weight excluding hydrogens is 124 g/mol. The third-order valence-corrected chi connectivity index (χ3v) is 2.86. The Labute approximate surface area is 63.4 Å². The fourth-order valence-corrected chi connectivity index (χ4v) is 2.03. The van der Waals surface area contributed by atoms with Gasteiger partial charge in [0.2, 0.25) is 0 Å². The summed E-state index contributed by atoms with van der Waals surface area (Å²) in [6, 6.07) is 0. The van der Waals surface area contributed by atoms with Gasteiger partial charge in [-0.15, -0.1) is 0 Å². The molecule has 1 nitrogen and oxygen atoms in total. The Hall–Kier alpha value is -0.0400. The fourth-order valence-electron chi connectivity index (χ4n) is 2.03. The quantitative estimate of drug-likeness (QED) is 0.595. The van der Waals surface area contributed by atoms with Crippen LogP contribution in [0.5, 0.6) is 0 Å². The maximum absolute atomic E-state index is 9.83. The molecule has 1 rings (SSSR count). The second-order valence-corrected chi connectivity index (χ2v) is 3.71. The van der Waals surface area contributed by atoms with Crippen LogP contribution in [-0.4, -0.2) is 10.7 Å². The normalized spacial score (nSPS) is 41.7. The number of aliphatic hydroxyl groups is 1. The molecule has 0 aromatic heterocycles. The van der Waals surface area contributed by atoms with Gasteiger partial charge < -0.3 is 5.11 Å². The molecule has 10 heavy (non-hydrogen) atoms. The third-order valence-electron chi connectivity index (χ3n) is 2.86. The highest BCUT2D eigenvalue weighted by Crippen LogP contribution is 2.34. The molecule has 0 aromatic rings. The van der Waals surface area contributed by atoms with E-state index in [4.69, 9.17) is 0 Å². The Bertz CT molecular complexity index is 107. The lowest BCUT2D eigenvalue weighted by atomic mass is 9.75. The molecular formula is C9H18O. The van der Waals surface area contributed by atoms with Crippen molar-refractivity contribution in [1.29, 1.82) is 0 Å². The molecule has 60 valence electrons. The average Bonchev–Trinajstić information content (AvgIpc) is 1.87. The molecule has 1 heteroatoms. The van der Waals surface area contributed by atoms with Gasteiger partial charge in [0.05, 0.1) is 5.60 Å². The summed E-state index contributed by atoms with van der Waals surface area (Å²) in [6.45, 7) is 4.16. The first kappa shape index (κ1) is 8.06. The van der Waals surface area contributed by atoms with Gasteiger partial charge >= 0.3 is 0 Å². The molecule has 0 amide bonds. The zero-order valence-corrected chi connectivity index (χ0v) is 7.06. The van der Waals surface area contributed by atoms with Crippen molar-refractivity contribution in [3.05, 3.63) is 0 Å². The minimum atomic E-state index is -0.354. The first-order chi connectivity index (χ1) is 4.67. The molecule has 2 atom stereocenters. The smallest absolute Gasteiger partial charge is 0.0647 e. The Morgan fingerprint density at radius 3 is 2.60 bits per heavy atom. The summed E-state index contributed by atoms with van der Waals surface area (Å²) in [5, 5.41) is 9.83. The van der Waals surface area contributed by atoms with E-state index in [1.54, 1.807) is 0 Å². The van der Waals surface area contributed by atoms with Gasteiger partial charge in [-0.2, -0.15) is 0 Å². The molecule has 1 saturated carbocycles. The molecule has 0 aromatic carbocycles. The minimum Gasteiger partial charge on any atom is -0.390 e. The number of hydrogen-bond donors (Lipinski definition) is 1. The van der Waals surface area contributed by atoms with Crippen molar-refractivity contribution >= 4 is 0 Å². The number of rotatable bonds is 1. The number of hydrogen-bond acceptors (Lipinski definition) is 1. The van der Waals surface area contributed by atoms with Gasteiger partial charge in [0, 0.05) is 0 Å². The fraction of sp³-hybridized carbons (Fsp3) is 1.00. The Morgan fingerprint density at radius 2 is 2.20 bits per heavy atom. The summed E-state index contributed by atoms with van der Waals surface area (Å²) in [4.78, 5) is 0. The Kier molecular flexibility index (Phi) is 2.35. The van der Waals surface area contributed by atoms with Gasteiger partial charge in [-0.3, -0.25) is 0 Å². The topological polar surface area (TPSA) is 20.2 Å². The van der Waals surface area contributed by atoms with Crippen LogP contribution in [0.3, 0.4) is 0 Å². The van der Waals surface area contributed by atoms with Crippen LogP contribution >= 0.6 is 0 Å². The van der Waals surface area contributed by atoms with Crippen LogP contribution < -0.4 is 0 Å². The maximum Gasteiger partial charge on any atom is 0.0647 e. The van der Waals surface area contributed by atoms with E-state index in [0.29, 0.717) is 5.92 Å². The zero-order valence-electron chi connectivity index (χ0n) is 7.06. The van der Waals surface area contributed by atoms with Gasteiger partial charge in [-0.1, -0.05) is 26.2 Å². The highest BCUT2D eigenvalue weighted by Gasteiger charge is 2.32. The second kappa shape index (κ2) is 2.91. The standard InChI is InChI=1S/C9H18O/c1-3-8-6-4-5-7-9(8,2)10/h8,10H,3-7H2,1-2H3/t8?,9-/m1/s1. The van der Waals surface area contributed by atoms with Crippen molar-refractivity contribution in [1.82, 2.24) is 0 Å². The largest absolute Gasteiger partial charge is 0.390 e. The molecule has 0 radical (unpaired) electrons. The second-order valence-electron chi connectivity index (χ2n) is 3.71. The van der Waals surface area contributed by atoms with E-state index in [2.05, 4.69) is 6.92 Å². The van der Waals surface area contributed by atoms with Gasteiger partial charge in [0.15, 0.2) is 0 Å². The molecule has 0 aliphatic heterocycles. The van der Waals surface area contributed by atoms with Gasteiger partial charge in [0.1, 0.15) is 0 Å². The summed E-state index contributed by atoms with van der Waals surface area (Å²) >= 11 is 0. The Balaban J connectivity index is 2.51.